The second-order valence-corrected chi connectivity index (χ2v) is 11.5. The number of carbonyl (C=O) groups is 1. The Morgan fingerprint density at radius 1 is 0.697 bits per heavy atom. The van der Waals surface area contributed by atoms with Crippen molar-refractivity contribution in [1.82, 2.24) is 0 Å². The lowest BCUT2D eigenvalue weighted by Crippen LogP contribution is -2.37. The van der Waals surface area contributed by atoms with Crippen molar-refractivity contribution in [3.05, 3.63) is 0 Å². The summed E-state index contributed by atoms with van der Waals surface area (Å²) in [5, 5.41) is 0. The minimum atomic E-state index is -4.09. The topological polar surface area (TPSA) is 82.1 Å². The molecule has 0 saturated carbocycles. The van der Waals surface area contributed by atoms with Gasteiger partial charge in [0.25, 0.3) is 0 Å². The standard InChI is InChI=1S/C25H52NO6P/c1-5-6-7-8-9-10-11-12-13-14-15-16-17-18-19-20-25(27)30-23-24-32-33(28,29)31-22-21-26(2,3)4/h5-24H2,1-4H3/p+1. The molecule has 0 aliphatic heterocycles. The molecule has 0 aromatic rings. The zero-order valence-electron chi connectivity index (χ0n) is 22.0. The largest absolute Gasteiger partial charge is 0.472 e. The van der Waals surface area contributed by atoms with Gasteiger partial charge in [-0.25, -0.2) is 4.57 Å². The van der Waals surface area contributed by atoms with Gasteiger partial charge in [0.05, 0.1) is 27.7 Å². The Hall–Kier alpha value is -0.460. The van der Waals surface area contributed by atoms with Gasteiger partial charge in [0.15, 0.2) is 0 Å². The van der Waals surface area contributed by atoms with Crippen LogP contribution in [0.3, 0.4) is 0 Å². The summed E-state index contributed by atoms with van der Waals surface area (Å²) in [6.45, 7) is 2.78. The van der Waals surface area contributed by atoms with Crippen LogP contribution in [-0.4, -0.2) is 62.9 Å². The summed E-state index contributed by atoms with van der Waals surface area (Å²) in [6.07, 6.45) is 19.7. The zero-order valence-corrected chi connectivity index (χ0v) is 22.9. The highest BCUT2D eigenvalue weighted by molar-refractivity contribution is 7.47. The summed E-state index contributed by atoms with van der Waals surface area (Å²) >= 11 is 0. The molecule has 0 spiro atoms. The molecule has 0 saturated heterocycles. The van der Waals surface area contributed by atoms with Gasteiger partial charge in [0.1, 0.15) is 19.8 Å². The van der Waals surface area contributed by atoms with Crippen molar-refractivity contribution < 1.29 is 32.5 Å². The first-order valence-corrected chi connectivity index (χ1v) is 14.7. The first-order valence-electron chi connectivity index (χ1n) is 13.2. The average molecular weight is 495 g/mol. The van der Waals surface area contributed by atoms with Crippen molar-refractivity contribution in [3.63, 3.8) is 0 Å². The number of likely N-dealkylation sites (N-methyl/N-ethyl adjacent to an activating group) is 1. The lowest BCUT2D eigenvalue weighted by Gasteiger charge is -2.23. The zero-order chi connectivity index (χ0) is 24.8. The normalized spacial score (nSPS) is 13.7. The van der Waals surface area contributed by atoms with E-state index in [4.69, 9.17) is 13.8 Å². The molecule has 198 valence electrons. The molecular weight excluding hydrogens is 441 g/mol. The van der Waals surface area contributed by atoms with E-state index < -0.39 is 7.82 Å². The average Bonchev–Trinajstić information content (AvgIpc) is 2.73. The van der Waals surface area contributed by atoms with Crippen molar-refractivity contribution in [2.45, 2.75) is 110 Å². The van der Waals surface area contributed by atoms with E-state index in [1.165, 1.54) is 77.0 Å². The van der Waals surface area contributed by atoms with Crippen LogP contribution in [-0.2, 0) is 23.1 Å². The van der Waals surface area contributed by atoms with E-state index >= 15 is 0 Å². The van der Waals surface area contributed by atoms with Gasteiger partial charge in [0, 0.05) is 6.42 Å². The Morgan fingerprint density at radius 2 is 1.12 bits per heavy atom. The number of carbonyl (C=O) groups excluding carboxylic acids is 1. The van der Waals surface area contributed by atoms with Gasteiger partial charge in [-0.1, -0.05) is 96.8 Å². The van der Waals surface area contributed by atoms with Crippen LogP contribution in [0.5, 0.6) is 0 Å². The van der Waals surface area contributed by atoms with Crippen LogP contribution < -0.4 is 0 Å². The maximum atomic E-state index is 11.7. The van der Waals surface area contributed by atoms with Crippen molar-refractivity contribution in [1.29, 1.82) is 0 Å². The molecule has 33 heavy (non-hydrogen) atoms. The van der Waals surface area contributed by atoms with E-state index in [0.29, 0.717) is 17.4 Å². The molecule has 0 aromatic heterocycles. The highest BCUT2D eigenvalue weighted by Gasteiger charge is 2.22. The second-order valence-electron chi connectivity index (χ2n) is 10.1. The Labute approximate surface area is 203 Å². The number of hydrogen-bond donors (Lipinski definition) is 1. The van der Waals surface area contributed by atoms with Crippen LogP contribution in [0.1, 0.15) is 110 Å². The summed E-state index contributed by atoms with van der Waals surface area (Å²) < 4.78 is 27.2. The fraction of sp³-hybridized carbons (Fsp3) is 0.960. The minimum Gasteiger partial charge on any atom is -0.463 e. The van der Waals surface area contributed by atoms with E-state index in [2.05, 4.69) is 6.92 Å². The maximum Gasteiger partial charge on any atom is 0.472 e. The van der Waals surface area contributed by atoms with E-state index in [-0.39, 0.29) is 25.8 Å². The highest BCUT2D eigenvalue weighted by atomic mass is 31.2. The summed E-state index contributed by atoms with van der Waals surface area (Å²) in [5.41, 5.74) is 0. The van der Waals surface area contributed by atoms with Crippen molar-refractivity contribution >= 4 is 13.8 Å². The summed E-state index contributed by atoms with van der Waals surface area (Å²) in [7, 11) is 1.80. The smallest absolute Gasteiger partial charge is 0.463 e. The lowest BCUT2D eigenvalue weighted by atomic mass is 10.0. The van der Waals surface area contributed by atoms with Gasteiger partial charge in [-0.3, -0.25) is 13.8 Å². The fourth-order valence-electron chi connectivity index (χ4n) is 3.49. The van der Waals surface area contributed by atoms with Crippen molar-refractivity contribution in [2.24, 2.45) is 0 Å². The summed E-state index contributed by atoms with van der Waals surface area (Å²) in [5.74, 6) is -0.285. The molecule has 0 aliphatic rings. The molecule has 1 unspecified atom stereocenters. The first kappa shape index (κ1) is 32.5. The Bertz CT molecular complexity index is 510. The molecule has 1 N–H and O–H groups in total. The third-order valence-corrected chi connectivity index (χ3v) is 6.62. The van der Waals surface area contributed by atoms with E-state index in [1.54, 1.807) is 0 Å². The number of esters is 1. The van der Waals surface area contributed by atoms with E-state index in [0.717, 1.165) is 19.3 Å². The van der Waals surface area contributed by atoms with Crippen LogP contribution in [0.4, 0.5) is 0 Å². The summed E-state index contributed by atoms with van der Waals surface area (Å²) in [6, 6.07) is 0. The maximum absolute atomic E-state index is 11.7. The predicted octanol–water partition coefficient (Wildman–Crippen LogP) is 6.63. The monoisotopic (exact) mass is 494 g/mol. The van der Waals surface area contributed by atoms with Crippen LogP contribution in [0, 0.1) is 0 Å². The quantitative estimate of drug-likeness (QED) is 0.0702. The first-order chi connectivity index (χ1) is 15.7. The number of unbranched alkanes of at least 4 members (excludes halogenated alkanes) is 14. The second kappa shape index (κ2) is 20.9. The molecule has 0 radical (unpaired) electrons. The van der Waals surface area contributed by atoms with Gasteiger partial charge in [-0.15, -0.1) is 0 Å². The highest BCUT2D eigenvalue weighted by Crippen LogP contribution is 2.42. The molecular formula is C25H53NO6P+. The number of phosphoric acid groups is 1. The van der Waals surface area contributed by atoms with Crippen molar-refractivity contribution in [2.75, 3.05) is 47.5 Å². The number of nitrogens with zero attached hydrogens (tertiary/aromatic N) is 1. The number of phosphoric ester groups is 1. The van der Waals surface area contributed by atoms with Gasteiger partial charge in [0.2, 0.25) is 0 Å². The Balaban J connectivity index is 3.40. The predicted molar refractivity (Wildman–Crippen MR) is 135 cm³/mol. The molecule has 0 amide bonds. The Kier molecular flexibility index (Phi) is 20.6. The van der Waals surface area contributed by atoms with Crippen LogP contribution in [0.25, 0.3) is 0 Å². The molecule has 7 nitrogen and oxygen atoms in total. The molecule has 0 aliphatic carbocycles. The van der Waals surface area contributed by atoms with E-state index in [9.17, 15) is 14.3 Å². The SMILES string of the molecule is CCCCCCCCCCCCCCCCCC(=O)OCCOP(=O)(O)OCC[N+](C)(C)C. The van der Waals surface area contributed by atoms with Crippen LogP contribution in [0.2, 0.25) is 0 Å². The van der Waals surface area contributed by atoms with E-state index in [1.807, 2.05) is 21.1 Å². The number of hydrogen-bond acceptors (Lipinski definition) is 5. The van der Waals surface area contributed by atoms with Gasteiger partial charge in [-0.2, -0.15) is 0 Å². The molecule has 0 aromatic carbocycles. The third-order valence-electron chi connectivity index (χ3n) is 5.60. The molecule has 1 atom stereocenters. The molecule has 0 rings (SSSR count). The van der Waals surface area contributed by atoms with Gasteiger partial charge in [-0.05, 0) is 6.42 Å². The number of quaternary nitrogens is 1. The van der Waals surface area contributed by atoms with Crippen molar-refractivity contribution in [3.8, 4) is 0 Å². The lowest BCUT2D eigenvalue weighted by molar-refractivity contribution is -0.870. The van der Waals surface area contributed by atoms with Crippen LogP contribution >= 0.6 is 7.82 Å². The minimum absolute atomic E-state index is 0.0409. The summed E-state index contributed by atoms with van der Waals surface area (Å²) in [4.78, 5) is 21.3. The van der Waals surface area contributed by atoms with Gasteiger partial charge < -0.3 is 14.1 Å². The van der Waals surface area contributed by atoms with Crippen LogP contribution in [0.15, 0.2) is 0 Å². The fourth-order valence-corrected chi connectivity index (χ4v) is 4.18. The molecule has 8 heteroatoms. The van der Waals surface area contributed by atoms with Gasteiger partial charge >= 0.3 is 13.8 Å². The third kappa shape index (κ3) is 26.0. The number of rotatable bonds is 24. The molecule has 0 heterocycles. The Morgan fingerprint density at radius 3 is 1.58 bits per heavy atom. The number of ether oxygens (including phenoxy) is 1. The molecule has 0 fully saturated rings. The molecule has 0 bridgehead atoms.